The monoisotopic (exact) mass is 303 g/mol. The molecule has 1 N–H and O–H groups in total. The largest absolute Gasteiger partial charge is 0.374 e. The Balaban J connectivity index is 1.90. The number of hydrogen-bond acceptors (Lipinski definition) is 4. The highest BCUT2D eigenvalue weighted by molar-refractivity contribution is 8.00. The summed E-state index contributed by atoms with van der Waals surface area (Å²) in [6.45, 7) is 7.89. The molecule has 0 amide bonds. The second-order valence-corrected chi connectivity index (χ2v) is 9.86. The van der Waals surface area contributed by atoms with Crippen molar-refractivity contribution in [2.75, 3.05) is 30.9 Å². The van der Waals surface area contributed by atoms with Crippen LogP contribution in [0.1, 0.15) is 40.0 Å². The van der Waals surface area contributed by atoms with Crippen molar-refractivity contribution >= 4 is 23.5 Å². The summed E-state index contributed by atoms with van der Waals surface area (Å²) < 4.78 is 6.50. The molecule has 2 nitrogen and oxygen atoms in total. The van der Waals surface area contributed by atoms with Crippen molar-refractivity contribution < 1.29 is 4.74 Å². The van der Waals surface area contributed by atoms with Gasteiger partial charge < -0.3 is 10.1 Å². The van der Waals surface area contributed by atoms with Crippen LogP contribution in [0.4, 0.5) is 0 Å². The van der Waals surface area contributed by atoms with Crippen molar-refractivity contribution in [3.8, 4) is 0 Å². The first-order chi connectivity index (χ1) is 8.94. The molecule has 0 aliphatic carbocycles. The molecule has 2 rings (SSSR count). The lowest BCUT2D eigenvalue weighted by molar-refractivity contribution is -0.0835. The maximum absolute atomic E-state index is 6.14. The van der Waals surface area contributed by atoms with Crippen molar-refractivity contribution in [3.63, 3.8) is 0 Å². The second-order valence-electron chi connectivity index (χ2n) is 6.91. The molecule has 0 aromatic rings. The molecule has 0 radical (unpaired) electrons. The lowest BCUT2D eigenvalue weighted by atomic mass is 9.82. The van der Waals surface area contributed by atoms with E-state index in [1.54, 1.807) is 0 Å². The van der Waals surface area contributed by atoms with Crippen molar-refractivity contribution in [3.05, 3.63) is 0 Å². The van der Waals surface area contributed by atoms with Crippen molar-refractivity contribution in [2.24, 2.45) is 5.92 Å². The maximum atomic E-state index is 6.14. The number of hydrogen-bond donors (Lipinski definition) is 1. The van der Waals surface area contributed by atoms with Gasteiger partial charge in [0.15, 0.2) is 0 Å². The SMILES string of the molecule is CNC(CSC(C)(C)C)C1CCOC2(CCSC2)C1. The molecule has 2 heterocycles. The standard InChI is InChI=1S/C15H29NOS2/c1-14(2,3)19-10-13(16-4)12-5-7-17-15(9-12)6-8-18-11-15/h12-13,16H,5-11H2,1-4H3. The summed E-state index contributed by atoms with van der Waals surface area (Å²) in [5, 5.41) is 3.57. The van der Waals surface area contributed by atoms with Gasteiger partial charge in [0.1, 0.15) is 0 Å². The summed E-state index contributed by atoms with van der Waals surface area (Å²) in [4.78, 5) is 0. The van der Waals surface area contributed by atoms with Crippen molar-refractivity contribution in [1.82, 2.24) is 5.32 Å². The average molecular weight is 304 g/mol. The van der Waals surface area contributed by atoms with E-state index in [-0.39, 0.29) is 5.60 Å². The molecule has 4 heteroatoms. The summed E-state index contributed by atoms with van der Waals surface area (Å²) in [6, 6.07) is 0.635. The van der Waals surface area contributed by atoms with E-state index in [1.807, 2.05) is 0 Å². The molecule has 1 spiro atoms. The first-order valence-electron chi connectivity index (χ1n) is 7.47. The minimum Gasteiger partial charge on any atom is -0.374 e. The van der Waals surface area contributed by atoms with Crippen LogP contribution in [-0.2, 0) is 4.74 Å². The number of rotatable bonds is 4. The van der Waals surface area contributed by atoms with E-state index in [4.69, 9.17) is 4.74 Å². The van der Waals surface area contributed by atoms with Crippen LogP contribution in [0.25, 0.3) is 0 Å². The van der Waals surface area contributed by atoms with Gasteiger partial charge in [-0.25, -0.2) is 0 Å². The molecule has 0 saturated carbocycles. The molecular formula is C15H29NOS2. The summed E-state index contributed by atoms with van der Waals surface area (Å²) >= 11 is 4.15. The van der Waals surface area contributed by atoms with E-state index >= 15 is 0 Å². The Morgan fingerprint density at radius 2 is 2.26 bits per heavy atom. The van der Waals surface area contributed by atoms with Crippen molar-refractivity contribution in [2.45, 2.75) is 56.4 Å². The van der Waals surface area contributed by atoms with Gasteiger partial charge in [0, 0.05) is 28.9 Å². The van der Waals surface area contributed by atoms with Gasteiger partial charge in [0.05, 0.1) is 5.60 Å². The zero-order chi connectivity index (χ0) is 13.9. The second kappa shape index (κ2) is 6.59. The van der Waals surface area contributed by atoms with Gasteiger partial charge in [0.2, 0.25) is 0 Å². The molecule has 19 heavy (non-hydrogen) atoms. The Morgan fingerprint density at radius 1 is 1.47 bits per heavy atom. The van der Waals surface area contributed by atoms with E-state index in [1.165, 1.54) is 36.5 Å². The van der Waals surface area contributed by atoms with E-state index in [0.717, 1.165) is 12.5 Å². The van der Waals surface area contributed by atoms with Crippen LogP contribution >= 0.6 is 23.5 Å². The van der Waals surface area contributed by atoms with E-state index in [0.29, 0.717) is 10.8 Å². The molecule has 3 unspecified atom stereocenters. The summed E-state index contributed by atoms with van der Waals surface area (Å²) in [5.41, 5.74) is 0.217. The van der Waals surface area contributed by atoms with Crippen LogP contribution in [-0.4, -0.2) is 47.3 Å². The highest BCUT2D eigenvalue weighted by Gasteiger charge is 2.42. The predicted octanol–water partition coefficient (Wildman–Crippen LogP) is 3.41. The molecule has 0 aromatic heterocycles. The highest BCUT2D eigenvalue weighted by Crippen LogP contribution is 2.42. The summed E-state index contributed by atoms with van der Waals surface area (Å²) in [5.74, 6) is 4.50. The molecule has 2 aliphatic rings. The number of nitrogens with one attached hydrogen (secondary N) is 1. The van der Waals surface area contributed by atoms with Crippen LogP contribution < -0.4 is 5.32 Å². The van der Waals surface area contributed by atoms with Gasteiger partial charge in [-0.3, -0.25) is 0 Å². The third-order valence-corrected chi connectivity index (χ3v) is 6.85. The summed E-state index contributed by atoms with van der Waals surface area (Å²) in [7, 11) is 2.12. The Hall–Kier alpha value is 0.620. The topological polar surface area (TPSA) is 21.3 Å². The average Bonchev–Trinajstić information content (AvgIpc) is 2.77. The highest BCUT2D eigenvalue weighted by atomic mass is 32.2. The van der Waals surface area contributed by atoms with E-state index in [2.05, 4.69) is 56.7 Å². The first-order valence-corrected chi connectivity index (χ1v) is 9.61. The Bertz CT molecular complexity index is 284. The zero-order valence-corrected chi connectivity index (χ0v) is 14.5. The van der Waals surface area contributed by atoms with Gasteiger partial charge in [-0.05, 0) is 38.0 Å². The third-order valence-electron chi connectivity index (χ3n) is 4.23. The quantitative estimate of drug-likeness (QED) is 0.859. The fraction of sp³-hybridized carbons (Fsp3) is 1.00. The lowest BCUT2D eigenvalue weighted by Gasteiger charge is -2.41. The fourth-order valence-electron chi connectivity index (χ4n) is 3.07. The van der Waals surface area contributed by atoms with Gasteiger partial charge in [-0.2, -0.15) is 23.5 Å². The van der Waals surface area contributed by atoms with Crippen LogP contribution in [0.2, 0.25) is 0 Å². The molecule has 112 valence electrons. The first kappa shape index (κ1) is 16.0. The fourth-order valence-corrected chi connectivity index (χ4v) is 5.56. The molecule has 3 atom stereocenters. The third kappa shape index (κ3) is 4.55. The Labute approximate surface area is 127 Å². The van der Waals surface area contributed by atoms with Crippen molar-refractivity contribution in [1.29, 1.82) is 0 Å². The Kier molecular flexibility index (Phi) is 5.55. The Morgan fingerprint density at radius 3 is 2.84 bits per heavy atom. The van der Waals surface area contributed by atoms with Gasteiger partial charge in [-0.1, -0.05) is 20.8 Å². The minimum atomic E-state index is 0.217. The summed E-state index contributed by atoms with van der Waals surface area (Å²) in [6.07, 6.45) is 3.75. The lowest BCUT2D eigenvalue weighted by Crippen LogP contribution is -2.47. The zero-order valence-electron chi connectivity index (χ0n) is 12.8. The predicted molar refractivity (Wildman–Crippen MR) is 88.4 cm³/mol. The molecule has 0 bridgehead atoms. The minimum absolute atomic E-state index is 0.217. The van der Waals surface area contributed by atoms with Crippen LogP contribution in [0.15, 0.2) is 0 Å². The molecule has 0 aromatic carbocycles. The smallest absolute Gasteiger partial charge is 0.0783 e. The molecular weight excluding hydrogens is 274 g/mol. The van der Waals surface area contributed by atoms with Gasteiger partial charge in [-0.15, -0.1) is 0 Å². The number of thioether (sulfide) groups is 2. The normalized spacial score (nSPS) is 33.8. The van der Waals surface area contributed by atoms with Crippen LogP contribution in [0.5, 0.6) is 0 Å². The number of ether oxygens (including phenoxy) is 1. The van der Waals surface area contributed by atoms with Crippen LogP contribution in [0, 0.1) is 5.92 Å². The van der Waals surface area contributed by atoms with Crippen LogP contribution in [0.3, 0.4) is 0 Å². The van der Waals surface area contributed by atoms with E-state index in [9.17, 15) is 0 Å². The van der Waals surface area contributed by atoms with Gasteiger partial charge >= 0.3 is 0 Å². The maximum Gasteiger partial charge on any atom is 0.0783 e. The molecule has 2 saturated heterocycles. The molecule has 2 aliphatic heterocycles. The van der Waals surface area contributed by atoms with E-state index < -0.39 is 0 Å². The van der Waals surface area contributed by atoms with Gasteiger partial charge in [0.25, 0.3) is 0 Å². The molecule has 2 fully saturated rings.